The molecule has 6 nitrogen and oxygen atoms in total. The molecule has 0 unspecified atom stereocenters. The van der Waals surface area contributed by atoms with Gasteiger partial charge in [0.1, 0.15) is 16.5 Å². The molecule has 2 aliphatic rings. The topological polar surface area (TPSA) is 71.1 Å². The summed E-state index contributed by atoms with van der Waals surface area (Å²) in [5.74, 6) is -0.493. The van der Waals surface area contributed by atoms with Crippen LogP contribution < -0.4 is 0 Å². The molecule has 0 spiro atoms. The van der Waals surface area contributed by atoms with Crippen LogP contribution in [0.5, 0.6) is 0 Å². The van der Waals surface area contributed by atoms with Gasteiger partial charge in [-0.25, -0.2) is 14.4 Å². The number of piperidine rings is 1. The van der Waals surface area contributed by atoms with Crippen molar-refractivity contribution in [1.82, 2.24) is 19.9 Å². The molecular weight excluding hydrogens is 498 g/mol. The van der Waals surface area contributed by atoms with Gasteiger partial charge in [0.15, 0.2) is 5.65 Å². The lowest BCUT2D eigenvalue weighted by Gasteiger charge is -2.40. The highest BCUT2D eigenvalue weighted by atomic mass is 32.5. The molecule has 190 valence electrons. The van der Waals surface area contributed by atoms with E-state index in [1.807, 2.05) is 0 Å². The molecule has 35 heavy (non-hydrogen) atoms. The number of pyridine rings is 1. The average Bonchev–Trinajstić information content (AvgIpc) is 3.47. The van der Waals surface area contributed by atoms with Gasteiger partial charge in [0, 0.05) is 36.7 Å². The Hall–Kier alpha value is -2.80. The molecular formula is C22H22F6N4O2S. The van der Waals surface area contributed by atoms with Crippen LogP contribution in [-0.2, 0) is 4.74 Å². The Morgan fingerprint density at radius 3 is 2.31 bits per heavy atom. The van der Waals surface area contributed by atoms with Crippen molar-refractivity contribution in [2.45, 2.75) is 36.0 Å². The largest absolute Gasteiger partial charge is 0.381 e. The summed E-state index contributed by atoms with van der Waals surface area (Å²) in [6, 6.07) is 1.98. The lowest BCUT2D eigenvalue weighted by atomic mass is 9.88. The van der Waals surface area contributed by atoms with Crippen molar-refractivity contribution in [3.8, 4) is 0 Å². The van der Waals surface area contributed by atoms with Gasteiger partial charge >= 0.3 is 10.2 Å². The zero-order valence-corrected chi connectivity index (χ0v) is 19.1. The normalized spacial score (nSPS) is 21.8. The second-order valence-electron chi connectivity index (χ2n) is 8.96. The van der Waals surface area contributed by atoms with Crippen LogP contribution in [-0.4, -0.2) is 52.1 Å². The Morgan fingerprint density at radius 2 is 1.71 bits per heavy atom. The van der Waals surface area contributed by atoms with Crippen molar-refractivity contribution in [3.05, 3.63) is 53.2 Å². The van der Waals surface area contributed by atoms with Crippen molar-refractivity contribution in [2.75, 3.05) is 26.3 Å². The summed E-state index contributed by atoms with van der Waals surface area (Å²) >= 11 is 0. The molecule has 2 aliphatic heterocycles. The number of carbonyl (C=O) groups excluding carboxylic acids is 1. The Kier molecular flexibility index (Phi) is 5.19. The summed E-state index contributed by atoms with van der Waals surface area (Å²) in [6.07, 6.45) is 2.75. The van der Waals surface area contributed by atoms with Gasteiger partial charge in [-0.05, 0) is 49.4 Å². The molecule has 1 atom stereocenters. The van der Waals surface area contributed by atoms with E-state index in [4.69, 9.17) is 4.74 Å². The van der Waals surface area contributed by atoms with Crippen LogP contribution in [0.2, 0.25) is 0 Å². The number of hydrogen-bond acceptors (Lipinski definition) is 4. The molecule has 0 saturated carbocycles. The number of nitrogens with zero attached hydrogens (tertiary/aromatic N) is 3. The van der Waals surface area contributed by atoms with Gasteiger partial charge in [0.05, 0.1) is 18.3 Å². The van der Waals surface area contributed by atoms with Crippen LogP contribution >= 0.6 is 10.2 Å². The maximum Gasteiger partial charge on any atom is 0.310 e. The summed E-state index contributed by atoms with van der Waals surface area (Å²) in [4.78, 5) is 23.9. The van der Waals surface area contributed by atoms with Crippen molar-refractivity contribution < 1.29 is 33.4 Å². The summed E-state index contributed by atoms with van der Waals surface area (Å²) < 4.78 is 84.9. The SMILES string of the molecule is O=C(c1ccc(S(F)(F)(F)(F)F)cc1)N1CCC(c2c(F)cnc3nc([C@@H]4CCOC4)[nH]c23)CC1. The number of aromatic nitrogens is 3. The first kappa shape index (κ1) is 23.9. The highest BCUT2D eigenvalue weighted by Crippen LogP contribution is 3.02. The van der Waals surface area contributed by atoms with Crippen molar-refractivity contribution >= 4 is 27.3 Å². The number of likely N-dealkylation sites (tertiary alicyclic amines) is 1. The first-order chi connectivity index (χ1) is 16.3. The zero-order valence-electron chi connectivity index (χ0n) is 18.3. The van der Waals surface area contributed by atoms with Gasteiger partial charge in [-0.2, -0.15) is 0 Å². The van der Waals surface area contributed by atoms with E-state index in [9.17, 15) is 28.6 Å². The molecule has 2 aromatic heterocycles. The van der Waals surface area contributed by atoms with Crippen molar-refractivity contribution in [3.63, 3.8) is 0 Å². The summed E-state index contributed by atoms with van der Waals surface area (Å²) in [7, 11) is -9.80. The lowest BCUT2D eigenvalue weighted by Crippen LogP contribution is -2.38. The number of benzene rings is 1. The predicted molar refractivity (Wildman–Crippen MR) is 118 cm³/mol. The number of rotatable bonds is 4. The number of aromatic amines is 1. The van der Waals surface area contributed by atoms with Crippen LogP contribution in [0, 0.1) is 5.82 Å². The minimum Gasteiger partial charge on any atom is -0.381 e. The van der Waals surface area contributed by atoms with E-state index >= 15 is 0 Å². The van der Waals surface area contributed by atoms with Crippen molar-refractivity contribution in [2.24, 2.45) is 0 Å². The molecule has 13 heteroatoms. The number of carbonyl (C=O) groups is 1. The van der Waals surface area contributed by atoms with Crippen LogP contribution in [0.3, 0.4) is 0 Å². The molecule has 0 radical (unpaired) electrons. The zero-order chi connectivity index (χ0) is 25.1. The quantitative estimate of drug-likeness (QED) is 0.411. The van der Waals surface area contributed by atoms with Crippen LogP contribution in [0.15, 0.2) is 35.4 Å². The van der Waals surface area contributed by atoms with E-state index in [0.717, 1.165) is 24.8 Å². The highest BCUT2D eigenvalue weighted by molar-refractivity contribution is 8.45. The Bertz CT molecular complexity index is 1280. The van der Waals surface area contributed by atoms with E-state index in [1.165, 1.54) is 4.90 Å². The molecule has 0 aliphatic carbocycles. The minimum absolute atomic E-state index is 0.0881. The van der Waals surface area contributed by atoms with E-state index in [2.05, 4.69) is 15.0 Å². The number of nitrogens with one attached hydrogen (secondary N) is 1. The van der Waals surface area contributed by atoms with Crippen molar-refractivity contribution in [1.29, 1.82) is 0 Å². The van der Waals surface area contributed by atoms with Crippen LogP contribution in [0.1, 0.15) is 52.8 Å². The average molecular weight is 520 g/mol. The van der Waals surface area contributed by atoms with Gasteiger partial charge in [-0.1, -0.05) is 19.4 Å². The lowest BCUT2D eigenvalue weighted by molar-refractivity contribution is 0.0712. The molecule has 0 bridgehead atoms. The molecule has 4 heterocycles. The van der Waals surface area contributed by atoms with Gasteiger partial charge in [-0.3, -0.25) is 4.79 Å². The minimum atomic E-state index is -9.80. The first-order valence-corrected chi connectivity index (χ1v) is 13.0. The third-order valence-electron chi connectivity index (χ3n) is 6.58. The second kappa shape index (κ2) is 7.60. The van der Waals surface area contributed by atoms with Crippen LogP contribution in [0.25, 0.3) is 11.2 Å². The van der Waals surface area contributed by atoms with Crippen LogP contribution in [0.4, 0.5) is 23.8 Å². The van der Waals surface area contributed by atoms with Gasteiger partial charge in [0.2, 0.25) is 0 Å². The highest BCUT2D eigenvalue weighted by Gasteiger charge is 2.65. The molecule has 5 rings (SSSR count). The Labute approximate surface area is 196 Å². The molecule has 1 amide bonds. The second-order valence-corrected chi connectivity index (χ2v) is 11.4. The maximum absolute atomic E-state index is 14.8. The third kappa shape index (κ3) is 4.70. The number of ether oxygens (including phenoxy) is 1. The number of hydrogen-bond donors (Lipinski definition) is 1. The number of halogens is 6. The standard InChI is InChI=1S/C22H22F6N4O2S/c23-17-11-29-21-19(30-20(31-21)15-7-10-34-12-15)18(17)13-5-8-32(9-6-13)22(33)14-1-3-16(4-2-14)35(24,25,26,27)28/h1-4,11,13,15H,5-10,12H2,(H,29,30,31)/t15-/m1/s1. The van der Waals surface area contributed by atoms with E-state index in [0.29, 0.717) is 48.6 Å². The number of amides is 1. The summed E-state index contributed by atoms with van der Waals surface area (Å²) in [6.45, 7) is 1.62. The first-order valence-electron chi connectivity index (χ1n) is 11.1. The Balaban J connectivity index is 1.32. The fourth-order valence-corrected chi connectivity index (χ4v) is 5.37. The predicted octanol–water partition coefficient (Wildman–Crippen LogP) is 6.28. The third-order valence-corrected chi connectivity index (χ3v) is 7.75. The fraction of sp³-hybridized carbons (Fsp3) is 0.409. The molecule has 2 fully saturated rings. The van der Waals surface area contributed by atoms with E-state index < -0.39 is 26.8 Å². The molecule has 2 saturated heterocycles. The van der Waals surface area contributed by atoms with E-state index in [1.54, 1.807) is 0 Å². The summed E-state index contributed by atoms with van der Waals surface area (Å²) in [5.41, 5.74) is 1.25. The number of H-pyrrole nitrogens is 1. The number of fused-ring (bicyclic) bond motifs is 1. The van der Waals surface area contributed by atoms with E-state index in [-0.39, 0.29) is 42.6 Å². The Morgan fingerprint density at radius 1 is 1.03 bits per heavy atom. The molecule has 3 aromatic rings. The molecule has 1 N–H and O–H groups in total. The molecule has 1 aromatic carbocycles. The summed E-state index contributed by atoms with van der Waals surface area (Å²) in [5, 5.41) is 0. The number of imidazole rings is 1. The fourth-order valence-electron chi connectivity index (χ4n) is 4.72. The van der Waals surface area contributed by atoms with Gasteiger partial charge < -0.3 is 14.6 Å². The van der Waals surface area contributed by atoms with Gasteiger partial charge in [-0.15, -0.1) is 0 Å². The monoisotopic (exact) mass is 520 g/mol. The van der Waals surface area contributed by atoms with Gasteiger partial charge in [0.25, 0.3) is 5.91 Å². The maximum atomic E-state index is 14.8. The smallest absolute Gasteiger partial charge is 0.310 e.